The van der Waals surface area contributed by atoms with Crippen LogP contribution >= 0.6 is 23.4 Å². The van der Waals surface area contributed by atoms with Gasteiger partial charge in [-0.2, -0.15) is 0 Å². The van der Waals surface area contributed by atoms with Gasteiger partial charge in [0.25, 0.3) is 0 Å². The first-order valence-corrected chi connectivity index (χ1v) is 10.5. The van der Waals surface area contributed by atoms with Crippen LogP contribution in [0.2, 0.25) is 5.02 Å². The average Bonchev–Trinajstić information content (AvgIpc) is 3.00. The third-order valence-corrected chi connectivity index (χ3v) is 6.42. The summed E-state index contributed by atoms with van der Waals surface area (Å²) in [5, 5.41) is 11.0. The summed E-state index contributed by atoms with van der Waals surface area (Å²) in [6, 6.07) is 15.1. The summed E-state index contributed by atoms with van der Waals surface area (Å²) in [6.45, 7) is 2.12. The zero-order valence-electron chi connectivity index (χ0n) is 16.6. The second kappa shape index (κ2) is 7.97. The first kappa shape index (κ1) is 20.8. The smallest absolute Gasteiger partial charge is 0.323 e. The molecule has 1 aliphatic rings. The van der Waals surface area contributed by atoms with Crippen molar-refractivity contribution in [3.8, 4) is 0 Å². The van der Waals surface area contributed by atoms with Crippen LogP contribution in [0, 0.1) is 5.41 Å². The van der Waals surface area contributed by atoms with Gasteiger partial charge in [0.05, 0.1) is 12.0 Å². The van der Waals surface area contributed by atoms with E-state index >= 15 is 0 Å². The van der Waals surface area contributed by atoms with E-state index in [9.17, 15) is 14.7 Å². The molecule has 3 aromatic rings. The van der Waals surface area contributed by atoms with Gasteiger partial charge in [0, 0.05) is 33.4 Å². The number of carbonyl (C=O) groups excluding carboxylic acids is 1. The number of fused-ring (bicyclic) bond motifs is 3. The number of hydrogen-bond donors (Lipinski definition) is 1. The highest BCUT2D eigenvalue weighted by molar-refractivity contribution is 6.30. The number of halogens is 2. The molecule has 0 spiro atoms. The van der Waals surface area contributed by atoms with E-state index in [1.165, 1.54) is 4.42 Å². The summed E-state index contributed by atoms with van der Waals surface area (Å²) in [4.78, 5) is 24.7. The Bertz CT molecular complexity index is 1140. The number of rotatable bonds is 5. The third kappa shape index (κ3) is 3.80. The molecule has 1 amide bonds. The molecule has 1 heterocycles. The molecular weight excluding hydrogens is 423 g/mol. The van der Waals surface area contributed by atoms with Crippen LogP contribution in [-0.2, 0) is 35.5 Å². The van der Waals surface area contributed by atoms with E-state index in [4.69, 9.17) is 23.4 Å². The van der Waals surface area contributed by atoms with Crippen molar-refractivity contribution >= 4 is 46.2 Å². The largest absolute Gasteiger partial charge is 0.480 e. The molecule has 0 saturated carbocycles. The Labute approximate surface area is 184 Å². The van der Waals surface area contributed by atoms with E-state index in [-0.39, 0.29) is 19.0 Å². The molecule has 0 fully saturated rings. The van der Waals surface area contributed by atoms with Crippen LogP contribution in [0.25, 0.3) is 10.9 Å². The number of carboxylic acids is 1. The van der Waals surface area contributed by atoms with Gasteiger partial charge < -0.3 is 9.67 Å². The predicted molar refractivity (Wildman–Crippen MR) is 118 cm³/mol. The summed E-state index contributed by atoms with van der Waals surface area (Å²) in [5.74, 6) is -1.01. The average molecular weight is 445 g/mol. The van der Waals surface area contributed by atoms with Crippen LogP contribution in [0.5, 0.6) is 0 Å². The van der Waals surface area contributed by atoms with Crippen molar-refractivity contribution in [1.29, 1.82) is 0 Å². The molecule has 7 heteroatoms. The van der Waals surface area contributed by atoms with Gasteiger partial charge in [0.1, 0.15) is 6.54 Å². The third-order valence-electron chi connectivity index (χ3n) is 5.92. The summed E-state index contributed by atoms with van der Waals surface area (Å²) < 4.78 is 3.11. The van der Waals surface area contributed by atoms with Crippen molar-refractivity contribution in [3.05, 3.63) is 70.4 Å². The Balaban J connectivity index is 1.64. The molecule has 1 N–H and O–H groups in total. The Morgan fingerprint density at radius 1 is 1.20 bits per heavy atom. The lowest BCUT2D eigenvalue weighted by Gasteiger charge is -2.35. The van der Waals surface area contributed by atoms with Crippen molar-refractivity contribution < 1.29 is 14.7 Å². The number of amides is 1. The maximum absolute atomic E-state index is 13.3. The molecule has 1 unspecified atom stereocenters. The Hall–Kier alpha value is -2.50. The first-order valence-electron chi connectivity index (χ1n) is 9.81. The van der Waals surface area contributed by atoms with Gasteiger partial charge in [-0.15, -0.1) is 0 Å². The number of carbonyl (C=O) groups is 2. The first-order chi connectivity index (χ1) is 14.3. The number of carboxylic acid groups (broad SMARTS) is 1. The molecule has 4 rings (SSSR count). The highest BCUT2D eigenvalue weighted by Crippen LogP contribution is 2.42. The molecule has 0 radical (unpaired) electrons. The summed E-state index contributed by atoms with van der Waals surface area (Å²) >= 11 is 12.5. The molecule has 156 valence electrons. The minimum atomic E-state index is -0.878. The number of para-hydroxylation sites is 1. The molecule has 1 aliphatic carbocycles. The van der Waals surface area contributed by atoms with Crippen LogP contribution in [0.4, 0.5) is 0 Å². The lowest BCUT2D eigenvalue weighted by atomic mass is 9.73. The van der Waals surface area contributed by atoms with Crippen LogP contribution in [0.1, 0.15) is 30.2 Å². The summed E-state index contributed by atoms with van der Waals surface area (Å²) in [5.41, 5.74) is 3.14. The van der Waals surface area contributed by atoms with Gasteiger partial charge >= 0.3 is 5.97 Å². The zero-order valence-corrected chi connectivity index (χ0v) is 18.1. The number of nitrogens with zero attached hydrogens (tertiary/aromatic N) is 2. The van der Waals surface area contributed by atoms with E-state index in [1.54, 1.807) is 12.1 Å². The van der Waals surface area contributed by atoms with Crippen molar-refractivity contribution in [2.24, 2.45) is 5.41 Å². The van der Waals surface area contributed by atoms with E-state index in [0.717, 1.165) is 27.7 Å². The van der Waals surface area contributed by atoms with Crippen molar-refractivity contribution in [2.45, 2.75) is 39.3 Å². The van der Waals surface area contributed by atoms with Gasteiger partial charge in [-0.1, -0.05) is 48.9 Å². The Morgan fingerprint density at radius 2 is 1.97 bits per heavy atom. The van der Waals surface area contributed by atoms with E-state index < -0.39 is 11.4 Å². The molecule has 1 atom stereocenters. The van der Waals surface area contributed by atoms with Crippen LogP contribution in [-0.4, -0.2) is 26.0 Å². The minimum absolute atomic E-state index is 0.0864. The van der Waals surface area contributed by atoms with Gasteiger partial charge in [-0.3, -0.25) is 9.59 Å². The van der Waals surface area contributed by atoms with Crippen molar-refractivity contribution in [1.82, 2.24) is 8.99 Å². The Morgan fingerprint density at radius 3 is 2.70 bits per heavy atom. The fourth-order valence-electron chi connectivity index (χ4n) is 4.44. The zero-order chi connectivity index (χ0) is 21.5. The number of aliphatic carboxylic acids is 1. The van der Waals surface area contributed by atoms with Crippen LogP contribution in [0.3, 0.4) is 0 Å². The molecule has 0 bridgehead atoms. The number of benzene rings is 2. The van der Waals surface area contributed by atoms with E-state index in [0.29, 0.717) is 24.3 Å². The summed E-state index contributed by atoms with van der Waals surface area (Å²) in [7, 11) is 0. The number of hydrogen-bond acceptors (Lipinski definition) is 2. The molecule has 2 aromatic carbocycles. The number of aromatic nitrogens is 1. The molecular formula is C23H22Cl2N2O3. The highest BCUT2D eigenvalue weighted by Gasteiger charge is 2.41. The van der Waals surface area contributed by atoms with Gasteiger partial charge in [0.2, 0.25) is 5.91 Å². The maximum atomic E-state index is 13.3. The quantitative estimate of drug-likeness (QED) is 0.559. The molecule has 5 nitrogen and oxygen atoms in total. The minimum Gasteiger partial charge on any atom is -0.480 e. The van der Waals surface area contributed by atoms with Gasteiger partial charge in [0.15, 0.2) is 0 Å². The van der Waals surface area contributed by atoms with Crippen molar-refractivity contribution in [3.63, 3.8) is 0 Å². The normalized spacial score (nSPS) is 18.2. The van der Waals surface area contributed by atoms with Gasteiger partial charge in [-0.25, -0.2) is 4.42 Å². The molecule has 1 aromatic heterocycles. The van der Waals surface area contributed by atoms with Crippen LogP contribution < -0.4 is 0 Å². The van der Waals surface area contributed by atoms with E-state index in [1.807, 2.05) is 47.9 Å². The van der Waals surface area contributed by atoms with Crippen molar-refractivity contribution in [2.75, 3.05) is 0 Å². The fraction of sp³-hybridized carbons (Fsp3) is 0.304. The lowest BCUT2D eigenvalue weighted by Crippen LogP contribution is -2.41. The highest BCUT2D eigenvalue weighted by atomic mass is 35.5. The molecule has 0 saturated heterocycles. The molecule has 30 heavy (non-hydrogen) atoms. The topological polar surface area (TPSA) is 62.5 Å². The van der Waals surface area contributed by atoms with Gasteiger partial charge in [-0.05, 0) is 48.6 Å². The lowest BCUT2D eigenvalue weighted by molar-refractivity contribution is -0.138. The second-order valence-corrected chi connectivity index (χ2v) is 8.96. The maximum Gasteiger partial charge on any atom is 0.323 e. The fourth-order valence-corrected chi connectivity index (χ4v) is 5.00. The monoisotopic (exact) mass is 444 g/mol. The summed E-state index contributed by atoms with van der Waals surface area (Å²) in [6.07, 6.45) is 1.75. The standard InChI is InChI=1S/C23H22Cl2N2O3/c1-23(22(30)27(25)13-15-5-4-6-16(24)11-15)10-9-20-18(12-23)17-7-2-3-8-19(17)26(20)14-21(28)29/h2-8,11H,9-10,12-14H2,1H3,(H,28,29). The predicted octanol–water partition coefficient (Wildman–Crippen LogP) is 5.06. The second-order valence-electron chi connectivity index (χ2n) is 8.12. The van der Waals surface area contributed by atoms with E-state index in [2.05, 4.69) is 0 Å². The molecule has 0 aliphatic heterocycles. The Kier molecular flexibility index (Phi) is 5.51. The SMILES string of the molecule is CC1(C(=O)N(Cl)Cc2cccc(Cl)c2)CCc2c(c3ccccc3n2CC(=O)O)C1. The van der Waals surface area contributed by atoms with Crippen LogP contribution in [0.15, 0.2) is 48.5 Å².